The number of nitrogens with zero attached hydrogens (tertiary/aromatic N) is 3. The normalized spacial score (nSPS) is 12.0. The summed E-state index contributed by atoms with van der Waals surface area (Å²) in [7, 11) is 1.99. The van der Waals surface area contributed by atoms with E-state index in [9.17, 15) is 13.2 Å². The van der Waals surface area contributed by atoms with Gasteiger partial charge in [0.15, 0.2) is 5.69 Å². The first-order valence-electron chi connectivity index (χ1n) is 6.61. The predicted octanol–water partition coefficient (Wildman–Crippen LogP) is 1.92. The van der Waals surface area contributed by atoms with Gasteiger partial charge in [-0.3, -0.25) is 5.43 Å². The van der Waals surface area contributed by atoms with Gasteiger partial charge >= 0.3 is 6.18 Å². The van der Waals surface area contributed by atoms with Gasteiger partial charge in [-0.25, -0.2) is 10.8 Å². The number of anilines is 2. The van der Waals surface area contributed by atoms with E-state index in [-0.39, 0.29) is 11.8 Å². The fourth-order valence-corrected chi connectivity index (χ4v) is 1.55. The molecule has 0 aliphatic rings. The topological polar surface area (TPSA) is 79.1 Å². The first-order valence-corrected chi connectivity index (χ1v) is 6.61. The van der Waals surface area contributed by atoms with Crippen molar-refractivity contribution in [3.63, 3.8) is 0 Å². The van der Waals surface area contributed by atoms with Gasteiger partial charge in [-0.15, -0.1) is 0 Å². The van der Waals surface area contributed by atoms with Crippen LogP contribution in [0, 0.1) is 0 Å². The zero-order valence-corrected chi connectivity index (χ0v) is 12.3. The number of hydrogen-bond donors (Lipinski definition) is 3. The highest BCUT2D eigenvalue weighted by molar-refractivity contribution is 5.42. The summed E-state index contributed by atoms with van der Waals surface area (Å²) in [6.07, 6.45) is -3.76. The zero-order valence-electron chi connectivity index (χ0n) is 12.3. The molecule has 0 saturated heterocycles. The smallest absolute Gasteiger partial charge is 0.370 e. The number of nitrogens with one attached hydrogen (secondary N) is 2. The van der Waals surface area contributed by atoms with E-state index in [4.69, 9.17) is 5.84 Å². The molecule has 0 fully saturated rings. The molecule has 0 aliphatic carbocycles. The van der Waals surface area contributed by atoms with Crippen LogP contribution in [0.5, 0.6) is 0 Å². The predicted molar refractivity (Wildman–Crippen MR) is 75.7 cm³/mol. The van der Waals surface area contributed by atoms with Crippen molar-refractivity contribution in [1.29, 1.82) is 0 Å². The van der Waals surface area contributed by atoms with Gasteiger partial charge < -0.3 is 10.2 Å². The average Bonchev–Trinajstić information content (AvgIpc) is 2.41. The van der Waals surface area contributed by atoms with Gasteiger partial charge in [0, 0.05) is 18.7 Å². The van der Waals surface area contributed by atoms with E-state index in [1.54, 1.807) is 0 Å². The van der Waals surface area contributed by atoms with E-state index in [2.05, 4.69) is 34.0 Å². The lowest BCUT2D eigenvalue weighted by atomic mass is 10.3. The number of alkyl halides is 3. The molecule has 1 aromatic rings. The van der Waals surface area contributed by atoms with Gasteiger partial charge in [-0.1, -0.05) is 0 Å². The molecule has 0 spiro atoms. The fourth-order valence-electron chi connectivity index (χ4n) is 1.55. The maximum Gasteiger partial charge on any atom is 0.433 e. The van der Waals surface area contributed by atoms with E-state index < -0.39 is 11.9 Å². The van der Waals surface area contributed by atoms with Gasteiger partial charge in [0.25, 0.3) is 0 Å². The highest BCUT2D eigenvalue weighted by atomic mass is 19.4. The molecule has 1 rings (SSSR count). The Balaban J connectivity index is 2.62. The molecule has 0 aliphatic heterocycles. The maximum absolute atomic E-state index is 12.7. The van der Waals surface area contributed by atoms with Crippen LogP contribution >= 0.6 is 0 Å². The van der Waals surface area contributed by atoms with Crippen molar-refractivity contribution in [1.82, 2.24) is 14.9 Å². The minimum Gasteiger partial charge on any atom is -0.370 e. The Kier molecular flexibility index (Phi) is 6.16. The molecule has 0 atom stereocenters. The Morgan fingerprint density at radius 2 is 2.00 bits per heavy atom. The highest BCUT2D eigenvalue weighted by Gasteiger charge is 2.33. The molecule has 4 N–H and O–H groups in total. The lowest BCUT2D eigenvalue weighted by molar-refractivity contribution is -0.141. The second-order valence-corrected chi connectivity index (χ2v) is 4.96. The molecular weight excluding hydrogens is 285 g/mol. The third-order valence-electron chi connectivity index (χ3n) is 3.02. The molecule has 21 heavy (non-hydrogen) atoms. The first kappa shape index (κ1) is 17.4. The van der Waals surface area contributed by atoms with Crippen LogP contribution in [0.25, 0.3) is 0 Å². The molecular formula is C12H21F3N6. The number of rotatable bonds is 7. The Morgan fingerprint density at radius 1 is 1.33 bits per heavy atom. The lowest BCUT2D eigenvalue weighted by Gasteiger charge is -2.20. The molecule has 1 aromatic heterocycles. The second kappa shape index (κ2) is 7.41. The van der Waals surface area contributed by atoms with Crippen LogP contribution in [-0.4, -0.2) is 41.0 Å². The summed E-state index contributed by atoms with van der Waals surface area (Å²) in [6.45, 7) is 5.50. The highest BCUT2D eigenvalue weighted by Crippen LogP contribution is 2.29. The van der Waals surface area contributed by atoms with Gasteiger partial charge in [0.1, 0.15) is 5.82 Å². The van der Waals surface area contributed by atoms with Crippen LogP contribution in [0.4, 0.5) is 24.9 Å². The van der Waals surface area contributed by atoms with Gasteiger partial charge in [0.05, 0.1) is 0 Å². The summed E-state index contributed by atoms with van der Waals surface area (Å²) in [4.78, 5) is 9.28. The minimum absolute atomic E-state index is 0.0949. The van der Waals surface area contributed by atoms with E-state index in [0.717, 1.165) is 19.0 Å². The van der Waals surface area contributed by atoms with Crippen molar-refractivity contribution in [3.05, 3.63) is 11.8 Å². The number of aromatic nitrogens is 2. The van der Waals surface area contributed by atoms with Crippen molar-refractivity contribution in [2.45, 2.75) is 32.5 Å². The summed E-state index contributed by atoms with van der Waals surface area (Å²) in [5.74, 6) is 4.91. The maximum atomic E-state index is 12.7. The molecule has 1 heterocycles. The molecule has 0 unspecified atom stereocenters. The summed E-state index contributed by atoms with van der Waals surface area (Å²) < 4.78 is 38.0. The van der Waals surface area contributed by atoms with Gasteiger partial charge in [-0.2, -0.15) is 18.2 Å². The molecule has 0 bridgehead atoms. The van der Waals surface area contributed by atoms with Crippen molar-refractivity contribution in [2.24, 2.45) is 5.84 Å². The standard InChI is InChI=1S/C12H21F3N6/c1-8(2)21(3)6-4-5-17-10-7-9(12(13,14)15)18-11(19-10)20-16/h7-8H,4-6,16H2,1-3H3,(H2,17,18,19,20). The van der Waals surface area contributed by atoms with Crippen LogP contribution in [0.15, 0.2) is 6.07 Å². The van der Waals surface area contributed by atoms with Crippen LogP contribution in [0.3, 0.4) is 0 Å². The molecule has 0 radical (unpaired) electrons. The molecule has 9 heteroatoms. The number of halogens is 3. The van der Waals surface area contributed by atoms with Crippen molar-refractivity contribution < 1.29 is 13.2 Å². The summed E-state index contributed by atoms with van der Waals surface area (Å²) in [5.41, 5.74) is 0.998. The van der Waals surface area contributed by atoms with Crippen molar-refractivity contribution in [2.75, 3.05) is 30.9 Å². The fraction of sp³-hybridized carbons (Fsp3) is 0.667. The monoisotopic (exact) mass is 306 g/mol. The Labute approximate surface area is 121 Å². The summed E-state index contributed by atoms with van der Waals surface area (Å²) in [5, 5.41) is 2.85. The van der Waals surface area contributed by atoms with E-state index in [0.29, 0.717) is 12.6 Å². The minimum atomic E-state index is -4.54. The molecule has 6 nitrogen and oxygen atoms in total. The SMILES string of the molecule is CC(C)N(C)CCCNc1cc(C(F)(F)F)nc(NN)n1. The zero-order chi connectivity index (χ0) is 16.0. The lowest BCUT2D eigenvalue weighted by Crippen LogP contribution is -2.28. The van der Waals surface area contributed by atoms with Crippen LogP contribution < -0.4 is 16.6 Å². The second-order valence-electron chi connectivity index (χ2n) is 4.96. The van der Waals surface area contributed by atoms with Crippen LogP contribution in [0.2, 0.25) is 0 Å². The third-order valence-corrected chi connectivity index (χ3v) is 3.02. The van der Waals surface area contributed by atoms with Crippen LogP contribution in [0.1, 0.15) is 26.0 Å². The molecule has 0 amide bonds. The average molecular weight is 306 g/mol. The Hall–Kier alpha value is -1.61. The van der Waals surface area contributed by atoms with E-state index >= 15 is 0 Å². The quantitative estimate of drug-likeness (QED) is 0.406. The third kappa shape index (κ3) is 5.72. The van der Waals surface area contributed by atoms with Crippen molar-refractivity contribution >= 4 is 11.8 Å². The summed E-state index contributed by atoms with van der Waals surface area (Å²) >= 11 is 0. The summed E-state index contributed by atoms with van der Waals surface area (Å²) in [6, 6.07) is 1.29. The molecule has 0 saturated carbocycles. The largest absolute Gasteiger partial charge is 0.433 e. The van der Waals surface area contributed by atoms with E-state index in [1.807, 2.05) is 12.5 Å². The Morgan fingerprint density at radius 3 is 2.52 bits per heavy atom. The first-order chi connectivity index (χ1) is 9.74. The van der Waals surface area contributed by atoms with E-state index in [1.165, 1.54) is 0 Å². The van der Waals surface area contributed by atoms with Gasteiger partial charge in [0.2, 0.25) is 5.95 Å². The molecule has 120 valence electrons. The van der Waals surface area contributed by atoms with Gasteiger partial charge in [-0.05, 0) is 33.9 Å². The Bertz CT molecular complexity index is 449. The van der Waals surface area contributed by atoms with Crippen LogP contribution in [-0.2, 0) is 6.18 Å². The number of hydrazine groups is 1. The van der Waals surface area contributed by atoms with Crippen molar-refractivity contribution in [3.8, 4) is 0 Å². The molecule has 0 aromatic carbocycles. The number of nitrogen functional groups attached to an aromatic ring is 1. The number of hydrogen-bond acceptors (Lipinski definition) is 6. The number of nitrogens with two attached hydrogens (primary N) is 1.